The van der Waals surface area contributed by atoms with E-state index in [4.69, 9.17) is 29.0 Å². The van der Waals surface area contributed by atoms with Crippen LogP contribution in [0, 0.1) is 0 Å². The van der Waals surface area contributed by atoms with E-state index in [2.05, 4.69) is 10.6 Å². The molecule has 2 heterocycles. The van der Waals surface area contributed by atoms with Gasteiger partial charge in [-0.1, -0.05) is 0 Å². The Morgan fingerprint density at radius 2 is 1.19 bits per heavy atom. The van der Waals surface area contributed by atoms with Gasteiger partial charge in [-0.15, -0.1) is 0 Å². The lowest BCUT2D eigenvalue weighted by Crippen LogP contribution is -2.32. The summed E-state index contributed by atoms with van der Waals surface area (Å²) in [5, 5.41) is 4.90. The molecular formula is C8H16N6O6S. The Balaban J connectivity index is 0.000000296. The molecule has 0 spiro atoms. The molecule has 2 aliphatic rings. The van der Waals surface area contributed by atoms with Gasteiger partial charge in [-0.2, -0.15) is 0 Å². The Kier molecular flexibility index (Phi) is 6.71. The molecule has 2 amide bonds. The number of nitrogens with one attached hydrogen (secondary N) is 2. The van der Waals surface area contributed by atoms with Gasteiger partial charge in [-0.05, 0) is 0 Å². The van der Waals surface area contributed by atoms with Gasteiger partial charge in [0.2, 0.25) is 0 Å². The molecule has 120 valence electrons. The van der Waals surface area contributed by atoms with Gasteiger partial charge in [0.25, 0.3) is 0 Å². The molecule has 0 atom stereocenters. The van der Waals surface area contributed by atoms with Crippen LogP contribution in [-0.4, -0.2) is 77.6 Å². The van der Waals surface area contributed by atoms with Crippen molar-refractivity contribution in [3.8, 4) is 0 Å². The van der Waals surface area contributed by atoms with Crippen LogP contribution in [0.4, 0.5) is 0 Å². The van der Waals surface area contributed by atoms with Crippen molar-refractivity contribution >= 4 is 34.1 Å². The fourth-order valence-corrected chi connectivity index (χ4v) is 1.16. The third-order valence-corrected chi connectivity index (χ3v) is 2.12. The van der Waals surface area contributed by atoms with E-state index in [1.54, 1.807) is 23.2 Å². The molecular weight excluding hydrogens is 308 g/mol. The van der Waals surface area contributed by atoms with Crippen molar-refractivity contribution in [1.82, 2.24) is 10.6 Å². The molecule has 2 aliphatic heterocycles. The minimum Gasteiger partial charge on any atom is -0.759 e. The van der Waals surface area contributed by atoms with Gasteiger partial charge in [-0.25, -0.2) is 10.6 Å². The summed E-state index contributed by atoms with van der Waals surface area (Å²) in [6.07, 6.45) is 0. The average molecular weight is 324 g/mol. The van der Waals surface area contributed by atoms with Crippen LogP contribution in [0.25, 0.3) is 0 Å². The van der Waals surface area contributed by atoms with E-state index in [0.29, 0.717) is 25.0 Å². The maximum Gasteiger partial charge on any atom is 0.351 e. The summed E-state index contributed by atoms with van der Waals surface area (Å²) in [4.78, 5) is 20.8. The van der Waals surface area contributed by atoms with Crippen LogP contribution in [0.5, 0.6) is 0 Å². The average Bonchev–Trinajstić information content (AvgIpc) is 2.68. The van der Waals surface area contributed by atoms with Gasteiger partial charge in [-0.3, -0.25) is 38.6 Å². The van der Waals surface area contributed by atoms with Gasteiger partial charge in [0.1, 0.15) is 0 Å². The molecule has 0 radical (unpaired) electrons. The molecule has 0 fully saturated rings. The Morgan fingerprint density at radius 3 is 1.24 bits per heavy atom. The predicted molar refractivity (Wildman–Crippen MR) is 67.3 cm³/mol. The van der Waals surface area contributed by atoms with E-state index in [1.807, 2.05) is 0 Å². The van der Waals surface area contributed by atoms with E-state index in [-0.39, 0.29) is 11.8 Å². The molecule has 2 rings (SSSR count). The van der Waals surface area contributed by atoms with Crippen LogP contribution in [0.3, 0.4) is 0 Å². The zero-order valence-corrected chi connectivity index (χ0v) is 12.1. The van der Waals surface area contributed by atoms with Crippen molar-refractivity contribution in [1.29, 1.82) is 0 Å². The van der Waals surface area contributed by atoms with Crippen LogP contribution in [0.2, 0.25) is 0 Å². The number of carbonyl (C=O) groups is 2. The maximum atomic E-state index is 10.4. The summed E-state index contributed by atoms with van der Waals surface area (Å²) in [6, 6.07) is 0. The quantitative estimate of drug-likeness (QED) is 0.192. The number of hydrogen-bond acceptors (Lipinski definition) is 8. The Bertz CT molecular complexity index is 516. The van der Waals surface area contributed by atoms with E-state index >= 15 is 0 Å². The number of amides is 2. The van der Waals surface area contributed by atoms with Gasteiger partial charge >= 0.3 is 23.7 Å². The SMILES string of the molecule is C[N+]1=C(N)NC(=O)C1.C[N+]1=C(N)NC(=O)C1.O=S(=O)([O-])[O-]. The zero-order chi connectivity index (χ0) is 16.8. The predicted octanol–water partition coefficient (Wildman–Crippen LogP) is -5.19. The molecule has 6 N–H and O–H groups in total. The highest BCUT2D eigenvalue weighted by Gasteiger charge is 2.21. The van der Waals surface area contributed by atoms with Crippen LogP contribution in [0.1, 0.15) is 0 Å². The first-order valence-electron chi connectivity index (χ1n) is 5.33. The van der Waals surface area contributed by atoms with Gasteiger partial charge < -0.3 is 9.11 Å². The standard InChI is InChI=1S/2C4H7N3O.H2O4S/c2*1-7-2-3(8)6-4(7)5;1-5(2,3)4/h2*2H2,1H3,(H2,5,6,8);(H2,1,2,3,4). The van der Waals surface area contributed by atoms with Crippen LogP contribution < -0.4 is 22.1 Å². The molecule has 0 saturated heterocycles. The third kappa shape index (κ3) is 9.31. The summed E-state index contributed by atoms with van der Waals surface area (Å²) < 4.78 is 37.4. The minimum atomic E-state index is -5.17. The lowest BCUT2D eigenvalue weighted by atomic mass is 10.6. The van der Waals surface area contributed by atoms with Crippen molar-refractivity contribution in [3.63, 3.8) is 0 Å². The van der Waals surface area contributed by atoms with Crippen molar-refractivity contribution in [2.75, 3.05) is 27.2 Å². The molecule has 13 heteroatoms. The third-order valence-electron chi connectivity index (χ3n) is 2.12. The molecule has 0 unspecified atom stereocenters. The lowest BCUT2D eigenvalue weighted by Gasteiger charge is -2.06. The van der Waals surface area contributed by atoms with Gasteiger partial charge in [0.05, 0.1) is 14.1 Å². The fraction of sp³-hybridized carbons (Fsp3) is 0.500. The van der Waals surface area contributed by atoms with E-state index < -0.39 is 10.4 Å². The maximum absolute atomic E-state index is 10.4. The molecule has 0 aromatic rings. The molecule has 12 nitrogen and oxygen atoms in total. The molecule has 0 bridgehead atoms. The van der Waals surface area contributed by atoms with Crippen molar-refractivity contribution in [2.24, 2.45) is 11.5 Å². The monoisotopic (exact) mass is 324 g/mol. The highest BCUT2D eigenvalue weighted by molar-refractivity contribution is 7.79. The smallest absolute Gasteiger partial charge is 0.351 e. The number of guanidine groups is 2. The number of nitrogens with two attached hydrogens (primary N) is 2. The number of rotatable bonds is 0. The highest BCUT2D eigenvalue weighted by atomic mass is 32.3. The molecule has 21 heavy (non-hydrogen) atoms. The summed E-state index contributed by atoms with van der Waals surface area (Å²) in [6.45, 7) is 0.762. The largest absolute Gasteiger partial charge is 0.759 e. The number of hydrogen-bond donors (Lipinski definition) is 4. The van der Waals surface area contributed by atoms with Crippen molar-refractivity contribution < 1.29 is 36.3 Å². The molecule has 0 saturated carbocycles. The Morgan fingerprint density at radius 1 is 0.952 bits per heavy atom. The highest BCUT2D eigenvalue weighted by Crippen LogP contribution is 1.78. The van der Waals surface area contributed by atoms with Gasteiger partial charge in [0, 0.05) is 10.4 Å². The molecule has 0 aliphatic carbocycles. The number of nitrogens with zero attached hydrogens (tertiary/aromatic N) is 2. The van der Waals surface area contributed by atoms with Gasteiger partial charge in [0.15, 0.2) is 13.1 Å². The fourth-order valence-electron chi connectivity index (χ4n) is 1.16. The normalized spacial score (nSPS) is 17.5. The summed E-state index contributed by atoms with van der Waals surface area (Å²) in [5.74, 6) is 0.806. The summed E-state index contributed by atoms with van der Waals surface area (Å²) in [7, 11) is -1.65. The van der Waals surface area contributed by atoms with Crippen molar-refractivity contribution in [3.05, 3.63) is 0 Å². The van der Waals surface area contributed by atoms with E-state index in [9.17, 15) is 9.59 Å². The lowest BCUT2D eigenvalue weighted by molar-refractivity contribution is -0.480. The van der Waals surface area contributed by atoms with E-state index in [1.165, 1.54) is 0 Å². The Labute approximate surface area is 120 Å². The molecule has 0 aromatic heterocycles. The Hall–Kier alpha value is -2.25. The van der Waals surface area contributed by atoms with Crippen LogP contribution >= 0.6 is 0 Å². The van der Waals surface area contributed by atoms with Crippen molar-refractivity contribution in [2.45, 2.75) is 0 Å². The van der Waals surface area contributed by atoms with Crippen LogP contribution in [-0.2, 0) is 20.0 Å². The summed E-state index contributed by atoms with van der Waals surface area (Å²) in [5.41, 5.74) is 10.6. The first-order valence-corrected chi connectivity index (χ1v) is 6.67. The topological polar surface area (TPSA) is 197 Å². The number of carbonyl (C=O) groups excluding carboxylic acids is 2. The first kappa shape index (κ1) is 18.8. The first-order chi connectivity index (χ1) is 9.40. The van der Waals surface area contributed by atoms with Crippen LogP contribution in [0.15, 0.2) is 0 Å². The number of likely N-dealkylation sites (N-methyl/N-ethyl adjacent to an activating group) is 2. The van der Waals surface area contributed by atoms with E-state index in [0.717, 1.165) is 0 Å². The zero-order valence-electron chi connectivity index (χ0n) is 11.3. The second kappa shape index (κ2) is 7.51. The molecule has 0 aromatic carbocycles. The summed E-state index contributed by atoms with van der Waals surface area (Å²) >= 11 is 0. The second-order valence-electron chi connectivity index (χ2n) is 3.99. The minimum absolute atomic E-state index is 0.0370. The second-order valence-corrected chi connectivity index (χ2v) is 4.80.